The number of hydrogen-bond donors (Lipinski definition) is 1. The van der Waals surface area contributed by atoms with Gasteiger partial charge >= 0.3 is 0 Å². The third-order valence-corrected chi connectivity index (χ3v) is 6.61. The predicted octanol–water partition coefficient (Wildman–Crippen LogP) is 1.63. The molecule has 8 heteroatoms. The summed E-state index contributed by atoms with van der Waals surface area (Å²) in [5, 5.41) is 0. The third-order valence-electron chi connectivity index (χ3n) is 6.61. The Balaban J connectivity index is 1.40. The molecular weight excluding hydrogens is 384 g/mol. The Bertz CT molecular complexity index is 827. The van der Waals surface area contributed by atoms with Crippen molar-refractivity contribution in [1.82, 2.24) is 19.8 Å². The number of carbonyl (C=O) groups is 2. The van der Waals surface area contributed by atoms with Crippen LogP contribution in [-0.2, 0) is 14.3 Å². The van der Waals surface area contributed by atoms with E-state index in [-0.39, 0.29) is 35.1 Å². The van der Waals surface area contributed by atoms with Crippen LogP contribution >= 0.6 is 0 Å². The Morgan fingerprint density at radius 2 is 1.87 bits per heavy atom. The summed E-state index contributed by atoms with van der Waals surface area (Å²) in [4.78, 5) is 48.6. The van der Waals surface area contributed by atoms with E-state index in [2.05, 4.69) is 4.98 Å². The van der Waals surface area contributed by atoms with E-state index in [1.165, 1.54) is 0 Å². The number of ether oxygens (including phenoxy) is 1. The number of methoxy groups -OCH3 is 1. The fourth-order valence-corrected chi connectivity index (χ4v) is 4.66. The van der Waals surface area contributed by atoms with Crippen molar-refractivity contribution in [2.75, 3.05) is 39.9 Å². The molecule has 2 saturated heterocycles. The van der Waals surface area contributed by atoms with E-state index in [0.29, 0.717) is 32.7 Å². The average Bonchev–Trinajstić information content (AvgIpc) is 3.62. The highest BCUT2D eigenvalue weighted by atomic mass is 16.5. The first kappa shape index (κ1) is 21.0. The molecule has 1 N–H and O–H groups in total. The van der Waals surface area contributed by atoms with Crippen LogP contribution in [-0.4, -0.2) is 71.5 Å². The number of aromatic amines is 1. The second kappa shape index (κ2) is 9.29. The highest BCUT2D eigenvalue weighted by molar-refractivity contribution is 5.81. The summed E-state index contributed by atoms with van der Waals surface area (Å²) in [6.07, 6.45) is 5.93. The summed E-state index contributed by atoms with van der Waals surface area (Å²) in [7, 11) is 1.60. The maximum Gasteiger partial charge on any atom is 0.251 e. The Morgan fingerprint density at radius 1 is 1.10 bits per heavy atom. The molecule has 0 radical (unpaired) electrons. The van der Waals surface area contributed by atoms with E-state index >= 15 is 0 Å². The van der Waals surface area contributed by atoms with Gasteiger partial charge in [0.15, 0.2) is 0 Å². The topological polar surface area (TPSA) is 95.6 Å². The predicted molar refractivity (Wildman–Crippen MR) is 111 cm³/mol. The smallest absolute Gasteiger partial charge is 0.251 e. The maximum absolute atomic E-state index is 12.5. The number of nitrogens with one attached hydrogen (secondary N) is 1. The summed E-state index contributed by atoms with van der Waals surface area (Å²) >= 11 is 0. The molecule has 3 aliphatic rings. The first-order valence-electron chi connectivity index (χ1n) is 11.2. The molecule has 8 nitrogen and oxygen atoms in total. The van der Waals surface area contributed by atoms with Crippen molar-refractivity contribution in [2.45, 2.75) is 56.8 Å². The lowest BCUT2D eigenvalue weighted by atomic mass is 9.92. The number of likely N-dealkylation sites (tertiary alicyclic amines) is 2. The monoisotopic (exact) mass is 416 g/mol. The molecule has 2 amide bonds. The normalized spacial score (nSPS) is 22.9. The van der Waals surface area contributed by atoms with Crippen LogP contribution in [0, 0.1) is 5.92 Å². The summed E-state index contributed by atoms with van der Waals surface area (Å²) in [5.41, 5.74) is 0.680. The van der Waals surface area contributed by atoms with Gasteiger partial charge in [-0.2, -0.15) is 0 Å². The van der Waals surface area contributed by atoms with Crippen LogP contribution in [0.15, 0.2) is 10.9 Å². The van der Waals surface area contributed by atoms with E-state index in [0.717, 1.165) is 56.6 Å². The van der Waals surface area contributed by atoms with E-state index in [9.17, 15) is 14.4 Å². The number of carbonyl (C=O) groups excluding carboxylic acids is 2. The number of rotatable bonds is 6. The fourth-order valence-electron chi connectivity index (χ4n) is 4.66. The molecule has 3 fully saturated rings. The molecule has 1 aromatic rings. The highest BCUT2D eigenvalue weighted by Crippen LogP contribution is 2.34. The first-order valence-corrected chi connectivity index (χ1v) is 11.2. The van der Waals surface area contributed by atoms with Gasteiger partial charge in [-0.3, -0.25) is 14.4 Å². The van der Waals surface area contributed by atoms with Crippen LogP contribution in [0.1, 0.15) is 68.3 Å². The van der Waals surface area contributed by atoms with Crippen LogP contribution in [0.3, 0.4) is 0 Å². The molecule has 1 atom stereocenters. The van der Waals surface area contributed by atoms with Crippen LogP contribution in [0.5, 0.6) is 0 Å². The van der Waals surface area contributed by atoms with Crippen molar-refractivity contribution in [3.63, 3.8) is 0 Å². The molecule has 1 aliphatic carbocycles. The lowest BCUT2D eigenvalue weighted by Gasteiger charge is -2.34. The minimum absolute atomic E-state index is 0.119. The maximum atomic E-state index is 12.5. The third kappa shape index (κ3) is 4.91. The average molecular weight is 417 g/mol. The van der Waals surface area contributed by atoms with Crippen molar-refractivity contribution in [3.8, 4) is 0 Å². The Labute approximate surface area is 177 Å². The minimum Gasteiger partial charge on any atom is -0.384 e. The molecule has 0 bridgehead atoms. The van der Waals surface area contributed by atoms with Crippen molar-refractivity contribution in [3.05, 3.63) is 27.9 Å². The van der Waals surface area contributed by atoms with Gasteiger partial charge in [-0.25, -0.2) is 4.98 Å². The summed E-state index contributed by atoms with van der Waals surface area (Å²) in [6, 6.07) is 1.60. The Morgan fingerprint density at radius 3 is 2.57 bits per heavy atom. The van der Waals surface area contributed by atoms with Crippen molar-refractivity contribution < 1.29 is 14.3 Å². The SMILES string of the molecule is COCCC(=O)N1CCC(c2nc([C@H]3CCCN(C(=O)C4CC4)C3)cc(=O)[nH]2)CC1. The van der Waals surface area contributed by atoms with Crippen LogP contribution in [0.4, 0.5) is 0 Å². The summed E-state index contributed by atoms with van der Waals surface area (Å²) < 4.78 is 4.99. The number of aromatic nitrogens is 2. The zero-order valence-electron chi connectivity index (χ0n) is 17.8. The minimum atomic E-state index is -0.126. The van der Waals surface area contributed by atoms with Crippen molar-refractivity contribution in [1.29, 1.82) is 0 Å². The van der Waals surface area contributed by atoms with Crippen LogP contribution in [0.2, 0.25) is 0 Å². The van der Waals surface area contributed by atoms with Gasteiger partial charge in [0, 0.05) is 57.1 Å². The number of amides is 2. The molecule has 2 aliphatic heterocycles. The van der Waals surface area contributed by atoms with Gasteiger partial charge in [0.2, 0.25) is 11.8 Å². The zero-order valence-corrected chi connectivity index (χ0v) is 17.8. The molecule has 1 aromatic heterocycles. The second-order valence-electron chi connectivity index (χ2n) is 8.85. The van der Waals surface area contributed by atoms with E-state index in [1.807, 2.05) is 9.80 Å². The Kier molecular flexibility index (Phi) is 6.51. The van der Waals surface area contributed by atoms with Crippen LogP contribution in [0.25, 0.3) is 0 Å². The number of H-pyrrole nitrogens is 1. The van der Waals surface area contributed by atoms with Gasteiger partial charge in [0.25, 0.3) is 5.56 Å². The van der Waals surface area contributed by atoms with Gasteiger partial charge in [-0.1, -0.05) is 0 Å². The van der Waals surface area contributed by atoms with E-state index in [1.54, 1.807) is 13.2 Å². The molecule has 0 unspecified atom stereocenters. The zero-order chi connectivity index (χ0) is 21.1. The first-order chi connectivity index (χ1) is 14.5. The second-order valence-corrected chi connectivity index (χ2v) is 8.85. The Hall–Kier alpha value is -2.22. The number of hydrogen-bond acceptors (Lipinski definition) is 5. The molecule has 164 valence electrons. The standard InChI is InChI=1S/C22H32N4O4/c1-30-12-8-20(28)25-10-6-15(7-11-25)21-23-18(13-19(27)24-21)17-3-2-9-26(14-17)22(29)16-4-5-16/h13,15-17H,2-12,14H2,1H3,(H,23,24,27)/t17-/m0/s1. The lowest BCUT2D eigenvalue weighted by Crippen LogP contribution is -2.40. The molecule has 0 spiro atoms. The molecule has 3 heterocycles. The van der Waals surface area contributed by atoms with Gasteiger partial charge in [0.1, 0.15) is 5.82 Å². The summed E-state index contributed by atoms with van der Waals surface area (Å²) in [6.45, 7) is 3.27. The highest BCUT2D eigenvalue weighted by Gasteiger charge is 2.36. The number of nitrogens with zero attached hydrogens (tertiary/aromatic N) is 3. The molecule has 1 saturated carbocycles. The van der Waals surface area contributed by atoms with Gasteiger partial charge in [-0.05, 0) is 38.5 Å². The lowest BCUT2D eigenvalue weighted by molar-refractivity contribution is -0.134. The fraction of sp³-hybridized carbons (Fsp3) is 0.727. The van der Waals surface area contributed by atoms with Crippen molar-refractivity contribution >= 4 is 11.8 Å². The van der Waals surface area contributed by atoms with Gasteiger partial charge in [-0.15, -0.1) is 0 Å². The largest absolute Gasteiger partial charge is 0.384 e. The van der Waals surface area contributed by atoms with E-state index in [4.69, 9.17) is 9.72 Å². The molecular formula is C22H32N4O4. The summed E-state index contributed by atoms with van der Waals surface area (Å²) in [5.74, 6) is 1.62. The van der Waals surface area contributed by atoms with Crippen molar-refractivity contribution in [2.24, 2.45) is 5.92 Å². The molecule has 4 rings (SSSR count). The quantitative estimate of drug-likeness (QED) is 0.760. The van der Waals surface area contributed by atoms with Crippen LogP contribution < -0.4 is 5.56 Å². The number of piperidine rings is 2. The molecule has 30 heavy (non-hydrogen) atoms. The van der Waals surface area contributed by atoms with E-state index < -0.39 is 0 Å². The van der Waals surface area contributed by atoms with Gasteiger partial charge in [0.05, 0.1) is 18.7 Å². The van der Waals surface area contributed by atoms with Gasteiger partial charge < -0.3 is 19.5 Å². The molecule has 0 aromatic carbocycles.